The van der Waals surface area contributed by atoms with Crippen LogP contribution in [0.15, 0.2) is 67.0 Å². The molecule has 13 heteroatoms. The number of ether oxygens (including phenoxy) is 3. The van der Waals surface area contributed by atoms with E-state index in [1.807, 2.05) is 42.5 Å². The number of carbonyl (C=O) groups excluding carboxylic acids is 2. The highest BCUT2D eigenvalue weighted by Crippen LogP contribution is 2.41. The van der Waals surface area contributed by atoms with E-state index in [2.05, 4.69) is 10.2 Å². The summed E-state index contributed by atoms with van der Waals surface area (Å²) in [6, 6.07) is 15.8. The van der Waals surface area contributed by atoms with E-state index in [4.69, 9.17) is 37.4 Å². The summed E-state index contributed by atoms with van der Waals surface area (Å²) in [5.74, 6) is -0.413. The molecule has 0 aliphatic carbocycles. The number of hydrogen-bond acceptors (Lipinski definition) is 10. The number of thiophene rings is 1. The molecule has 3 aliphatic rings. The molecule has 3 saturated heterocycles. The Balaban J connectivity index is 1.29. The summed E-state index contributed by atoms with van der Waals surface area (Å²) in [5, 5.41) is 26.4. The van der Waals surface area contributed by atoms with Crippen LogP contribution in [0, 0.1) is 11.8 Å². The van der Waals surface area contributed by atoms with Gasteiger partial charge in [0.1, 0.15) is 16.1 Å². The third-order valence-electron chi connectivity index (χ3n) is 9.74. The molecule has 264 valence electrons. The molecule has 50 heavy (non-hydrogen) atoms. The van der Waals surface area contributed by atoms with Crippen LogP contribution in [0.3, 0.4) is 0 Å². The molecule has 3 aliphatic heterocycles. The Labute approximate surface area is 305 Å². The summed E-state index contributed by atoms with van der Waals surface area (Å²) < 4.78 is 17.7. The zero-order chi connectivity index (χ0) is 35.4. The predicted molar refractivity (Wildman–Crippen MR) is 187 cm³/mol. The maximum absolute atomic E-state index is 13.6. The molecular weight excluding hydrogens is 701 g/mol. The van der Waals surface area contributed by atoms with Crippen molar-refractivity contribution in [2.45, 2.75) is 37.8 Å². The number of methoxy groups -OCH3 is 2. The summed E-state index contributed by atoms with van der Waals surface area (Å²) >= 11 is 14.2. The van der Waals surface area contributed by atoms with Crippen LogP contribution in [-0.4, -0.2) is 62.5 Å². The number of aromatic carboxylic acids is 1. The second-order valence-electron chi connectivity index (χ2n) is 12.7. The van der Waals surface area contributed by atoms with Crippen molar-refractivity contribution in [1.29, 1.82) is 0 Å². The highest BCUT2D eigenvalue weighted by molar-refractivity contribution is 7.14. The molecule has 2 N–H and O–H groups in total. The average molecular weight is 741 g/mol. The summed E-state index contributed by atoms with van der Waals surface area (Å²) in [5.41, 5.74) is 2.46. The highest BCUT2D eigenvalue weighted by Gasteiger charge is 2.35. The normalized spacial score (nSPS) is 19.5. The second kappa shape index (κ2) is 16.0. The van der Waals surface area contributed by atoms with Crippen LogP contribution in [0.5, 0.6) is 11.5 Å². The van der Waals surface area contributed by atoms with Crippen LogP contribution < -0.4 is 24.6 Å². The Morgan fingerprint density at radius 1 is 1.02 bits per heavy atom. The first-order valence-corrected chi connectivity index (χ1v) is 18.0. The molecular formula is C37H39Cl2N3O7S. The molecule has 2 aromatic heterocycles. The first-order valence-electron chi connectivity index (χ1n) is 16.5. The van der Waals surface area contributed by atoms with E-state index in [9.17, 15) is 19.9 Å². The van der Waals surface area contributed by atoms with Crippen LogP contribution in [0.2, 0.25) is 10.0 Å². The number of carboxylic acids is 1. The number of nitrogens with one attached hydrogen (secondary N) is 1. The molecule has 5 heterocycles. The largest absolute Gasteiger partial charge is 0.544 e. The van der Waals surface area contributed by atoms with Gasteiger partial charge < -0.3 is 29.0 Å². The number of piperidine rings is 3. The highest BCUT2D eigenvalue weighted by atomic mass is 35.5. The molecule has 0 spiro atoms. The van der Waals surface area contributed by atoms with Gasteiger partial charge in [0.25, 0.3) is 0 Å². The Morgan fingerprint density at radius 2 is 1.72 bits per heavy atom. The molecule has 3 atom stereocenters. The Hall–Kier alpha value is -3.87. The van der Waals surface area contributed by atoms with Gasteiger partial charge >= 0.3 is 5.97 Å². The van der Waals surface area contributed by atoms with Crippen LogP contribution in [0.1, 0.15) is 61.6 Å². The van der Waals surface area contributed by atoms with Crippen molar-refractivity contribution in [2.24, 2.45) is 11.8 Å². The molecule has 7 rings (SSSR count). The number of hydrogen-bond donors (Lipinski definition) is 2. The molecule has 0 radical (unpaired) electrons. The second-order valence-corrected chi connectivity index (χ2v) is 14.7. The quantitative estimate of drug-likeness (QED) is 0.104. The zero-order valence-electron chi connectivity index (χ0n) is 27.8. The predicted octanol–water partition coefficient (Wildman–Crippen LogP) is 5.05. The van der Waals surface area contributed by atoms with Gasteiger partial charge in [-0.15, -0.1) is 11.3 Å². The molecule has 10 nitrogen and oxygen atoms in total. The van der Waals surface area contributed by atoms with E-state index in [1.54, 1.807) is 12.1 Å². The summed E-state index contributed by atoms with van der Waals surface area (Å²) in [6.07, 6.45) is 5.10. The van der Waals surface area contributed by atoms with Crippen LogP contribution in [-0.2, 0) is 22.5 Å². The van der Waals surface area contributed by atoms with Crippen LogP contribution >= 0.6 is 34.5 Å². The van der Waals surface area contributed by atoms with Crippen molar-refractivity contribution in [3.8, 4) is 11.5 Å². The fraction of sp³-hybridized carbons (Fsp3) is 0.378. The van der Waals surface area contributed by atoms with E-state index in [0.717, 1.165) is 54.1 Å². The number of benzene rings is 2. The molecule has 4 aromatic rings. The Kier molecular flexibility index (Phi) is 11.5. The van der Waals surface area contributed by atoms with Crippen LogP contribution in [0.4, 0.5) is 0 Å². The van der Waals surface area contributed by atoms with E-state index in [-0.39, 0.29) is 33.9 Å². The van der Waals surface area contributed by atoms with Gasteiger partial charge in [0.2, 0.25) is 12.4 Å². The van der Waals surface area contributed by atoms with Gasteiger partial charge in [-0.2, -0.15) is 0 Å². The fourth-order valence-corrected chi connectivity index (χ4v) is 8.73. The molecule has 0 amide bonds. The first-order chi connectivity index (χ1) is 24.1. The lowest BCUT2D eigenvalue weighted by Crippen LogP contribution is -2.49. The van der Waals surface area contributed by atoms with Gasteiger partial charge in [-0.1, -0.05) is 59.6 Å². The van der Waals surface area contributed by atoms with Crippen molar-refractivity contribution >= 4 is 46.5 Å². The minimum Gasteiger partial charge on any atom is -0.544 e. The number of fused-ring (bicyclic) bond motifs is 3. The number of nitrogens with zero attached hydrogens (tertiary/aromatic N) is 2. The Bertz CT molecular complexity index is 1810. The van der Waals surface area contributed by atoms with E-state index in [1.165, 1.54) is 26.6 Å². The van der Waals surface area contributed by atoms with Crippen LogP contribution in [0.25, 0.3) is 0 Å². The van der Waals surface area contributed by atoms with Crippen molar-refractivity contribution < 1.29 is 38.8 Å². The zero-order valence-corrected chi connectivity index (χ0v) is 30.1. The number of halogens is 2. The SMILES string of the molecule is COc1ccc([C@H](Cc2c(Cl)c[n+](O)cc2Cl)c2cc(CNC(C(=O)OC[C@@H]3CN4CCC3CC4)c3ccccc3)sc2C(=O)[O-])cc1OC. The number of esters is 1. The summed E-state index contributed by atoms with van der Waals surface area (Å²) in [4.78, 5) is 29.4. The van der Waals surface area contributed by atoms with E-state index >= 15 is 0 Å². The maximum Gasteiger partial charge on any atom is 0.327 e. The van der Waals surface area contributed by atoms with Crippen molar-refractivity contribution in [3.05, 3.63) is 109 Å². The fourth-order valence-electron chi connectivity index (χ4n) is 7.11. The van der Waals surface area contributed by atoms with Crippen molar-refractivity contribution in [1.82, 2.24) is 10.2 Å². The third-order valence-corrected chi connectivity index (χ3v) is 11.5. The van der Waals surface area contributed by atoms with Gasteiger partial charge in [-0.05, 0) is 73.2 Å². The molecule has 3 fully saturated rings. The van der Waals surface area contributed by atoms with Gasteiger partial charge in [0, 0.05) is 40.1 Å². The monoisotopic (exact) mass is 739 g/mol. The van der Waals surface area contributed by atoms with Gasteiger partial charge in [-0.25, -0.2) is 4.79 Å². The van der Waals surface area contributed by atoms with Gasteiger partial charge in [-0.3, -0.25) is 10.5 Å². The smallest absolute Gasteiger partial charge is 0.327 e. The number of pyridine rings is 1. The lowest BCUT2D eigenvalue weighted by molar-refractivity contribution is -0.904. The summed E-state index contributed by atoms with van der Waals surface area (Å²) in [6.45, 7) is 3.74. The molecule has 0 saturated carbocycles. The lowest BCUT2D eigenvalue weighted by Gasteiger charge is -2.44. The van der Waals surface area contributed by atoms with Gasteiger partial charge in [0.05, 0.1) is 31.7 Å². The Morgan fingerprint density at radius 3 is 2.34 bits per heavy atom. The topological polar surface area (TPSA) is 124 Å². The lowest BCUT2D eigenvalue weighted by atomic mass is 9.79. The standard InChI is InChI=1S/C37H39Cl2N3O7S/c1-47-32-9-8-24(14-33(32)48-2)27(16-29-30(38)19-42(46)20-31(29)39)28-15-26(50-35(28)36(43)44)17-40-34(23-6-4-3-5-7-23)37(45)49-21-25-18-41-12-10-22(25)11-13-41/h3-9,14-15,19-20,22,25,27,34,40H,10-13,16-18,21H2,1-2H3,(H-,43,44,46)/t25-,27-,34?/m0/s1. The van der Waals surface area contributed by atoms with Gasteiger partial charge in [0.15, 0.2) is 11.5 Å². The van der Waals surface area contributed by atoms with E-state index in [0.29, 0.717) is 51.5 Å². The number of aromatic nitrogens is 1. The molecule has 1 unspecified atom stereocenters. The molecule has 2 aromatic carbocycles. The third kappa shape index (κ3) is 8.03. The first kappa shape index (κ1) is 35.9. The van der Waals surface area contributed by atoms with Crippen molar-refractivity contribution in [2.75, 3.05) is 40.5 Å². The minimum absolute atomic E-state index is 0.0307. The minimum atomic E-state index is -1.34. The van der Waals surface area contributed by atoms with E-state index < -0.39 is 17.9 Å². The number of carbonyl (C=O) groups is 2. The molecule has 2 bridgehead atoms. The number of carboxylic acid groups (broad SMARTS) is 1. The summed E-state index contributed by atoms with van der Waals surface area (Å²) in [7, 11) is 3.05. The maximum atomic E-state index is 13.6. The average Bonchev–Trinajstić information content (AvgIpc) is 3.55. The number of rotatable bonds is 14. The van der Waals surface area contributed by atoms with Crippen molar-refractivity contribution in [3.63, 3.8) is 0 Å².